The summed E-state index contributed by atoms with van der Waals surface area (Å²) in [6, 6.07) is 8.33. The van der Waals surface area contributed by atoms with E-state index in [1.54, 1.807) is 24.3 Å². The number of hydrogen-bond donors (Lipinski definition) is 2. The van der Waals surface area contributed by atoms with Gasteiger partial charge in [0.05, 0.1) is 18.8 Å². The number of nitrogens with zero attached hydrogens (tertiary/aromatic N) is 4. The number of aliphatic hydroxyl groups is 1. The standard InChI is InChI=1S/C15H13ClN4O3/c1-9-12(8-17)14(22)20(6-7-21)15(23)13(9)19-18-11-4-2-10(16)3-5-11/h2-5,21-22H,6-7H2,1H3. The van der Waals surface area contributed by atoms with Crippen LogP contribution < -0.4 is 5.56 Å². The summed E-state index contributed by atoms with van der Waals surface area (Å²) < 4.78 is 0.891. The average Bonchev–Trinajstić information content (AvgIpc) is 2.53. The van der Waals surface area contributed by atoms with Gasteiger partial charge in [0.15, 0.2) is 5.69 Å². The topological polar surface area (TPSA) is 111 Å². The first-order chi connectivity index (χ1) is 11.0. The summed E-state index contributed by atoms with van der Waals surface area (Å²) in [5.41, 5.74) is -0.0768. The fraction of sp³-hybridized carbons (Fsp3) is 0.200. The van der Waals surface area contributed by atoms with Crippen LogP contribution in [0.3, 0.4) is 0 Å². The minimum Gasteiger partial charge on any atom is -0.493 e. The Morgan fingerprint density at radius 2 is 1.96 bits per heavy atom. The molecule has 118 valence electrons. The normalized spacial score (nSPS) is 10.9. The summed E-state index contributed by atoms with van der Waals surface area (Å²) >= 11 is 5.78. The zero-order chi connectivity index (χ0) is 17.0. The van der Waals surface area contributed by atoms with E-state index in [-0.39, 0.29) is 30.0 Å². The highest BCUT2D eigenvalue weighted by Crippen LogP contribution is 2.27. The Hall–Kier alpha value is -2.69. The van der Waals surface area contributed by atoms with Crippen LogP contribution in [0.1, 0.15) is 11.1 Å². The van der Waals surface area contributed by atoms with Gasteiger partial charge in [0, 0.05) is 10.6 Å². The van der Waals surface area contributed by atoms with Crippen molar-refractivity contribution < 1.29 is 10.2 Å². The first-order valence-corrected chi connectivity index (χ1v) is 7.02. The van der Waals surface area contributed by atoms with Crippen molar-refractivity contribution in [1.82, 2.24) is 4.57 Å². The summed E-state index contributed by atoms with van der Waals surface area (Å²) in [5, 5.41) is 36.5. The van der Waals surface area contributed by atoms with Crippen LogP contribution in [0.4, 0.5) is 11.4 Å². The molecule has 23 heavy (non-hydrogen) atoms. The van der Waals surface area contributed by atoms with Crippen LogP contribution in [0, 0.1) is 18.3 Å². The predicted molar refractivity (Wildman–Crippen MR) is 84.5 cm³/mol. The monoisotopic (exact) mass is 332 g/mol. The lowest BCUT2D eigenvalue weighted by molar-refractivity contribution is 0.263. The summed E-state index contributed by atoms with van der Waals surface area (Å²) in [6.07, 6.45) is 0. The third-order valence-electron chi connectivity index (χ3n) is 3.18. The van der Waals surface area contributed by atoms with Crippen LogP contribution in [0.25, 0.3) is 0 Å². The van der Waals surface area contributed by atoms with E-state index in [0.717, 1.165) is 4.57 Å². The molecule has 0 atom stereocenters. The molecule has 0 aliphatic carbocycles. The molecule has 0 saturated heterocycles. The van der Waals surface area contributed by atoms with Gasteiger partial charge in [-0.05, 0) is 31.2 Å². The van der Waals surface area contributed by atoms with Crippen molar-refractivity contribution in [2.75, 3.05) is 6.61 Å². The fourth-order valence-corrected chi connectivity index (χ4v) is 2.11. The number of azo groups is 1. The third kappa shape index (κ3) is 3.39. The van der Waals surface area contributed by atoms with Gasteiger partial charge < -0.3 is 10.2 Å². The van der Waals surface area contributed by atoms with E-state index in [1.807, 2.05) is 6.07 Å². The van der Waals surface area contributed by atoms with Gasteiger partial charge >= 0.3 is 0 Å². The molecule has 7 nitrogen and oxygen atoms in total. The Labute approximate surface area is 136 Å². The second kappa shape index (κ2) is 7.05. The number of aromatic hydroxyl groups is 1. The van der Waals surface area contributed by atoms with E-state index in [2.05, 4.69) is 10.2 Å². The first kappa shape index (κ1) is 16.7. The number of hydrogen-bond acceptors (Lipinski definition) is 6. The molecule has 1 heterocycles. The molecule has 0 amide bonds. The van der Waals surface area contributed by atoms with Gasteiger partial charge in [-0.3, -0.25) is 9.36 Å². The predicted octanol–water partition coefficient (Wildman–Crippen LogP) is 2.80. The van der Waals surface area contributed by atoms with Gasteiger partial charge in [-0.2, -0.15) is 10.4 Å². The molecule has 2 rings (SSSR count). The van der Waals surface area contributed by atoms with E-state index in [1.165, 1.54) is 6.92 Å². The lowest BCUT2D eigenvalue weighted by Crippen LogP contribution is -2.23. The Balaban J connectivity index is 2.58. The van der Waals surface area contributed by atoms with E-state index in [4.69, 9.17) is 22.0 Å². The molecule has 0 bridgehead atoms. The highest BCUT2D eigenvalue weighted by Gasteiger charge is 2.18. The molecule has 0 unspecified atom stereocenters. The quantitative estimate of drug-likeness (QED) is 0.838. The molecule has 0 spiro atoms. The minimum absolute atomic E-state index is 0.0669. The van der Waals surface area contributed by atoms with Crippen LogP contribution in [0.2, 0.25) is 5.02 Å². The first-order valence-electron chi connectivity index (χ1n) is 6.64. The lowest BCUT2D eigenvalue weighted by atomic mass is 10.1. The van der Waals surface area contributed by atoms with Gasteiger partial charge in [-0.1, -0.05) is 11.6 Å². The highest BCUT2D eigenvalue weighted by molar-refractivity contribution is 6.30. The Morgan fingerprint density at radius 1 is 1.30 bits per heavy atom. The Morgan fingerprint density at radius 3 is 2.52 bits per heavy atom. The van der Waals surface area contributed by atoms with Crippen LogP contribution in [-0.4, -0.2) is 21.4 Å². The maximum absolute atomic E-state index is 12.4. The number of aromatic nitrogens is 1. The SMILES string of the molecule is Cc1c(C#N)c(O)n(CCO)c(=O)c1N=Nc1ccc(Cl)cc1. The molecule has 2 N–H and O–H groups in total. The Kier molecular flexibility index (Phi) is 5.11. The number of aliphatic hydroxyl groups excluding tert-OH is 1. The summed E-state index contributed by atoms with van der Waals surface area (Å²) in [7, 11) is 0. The molecule has 0 aliphatic heterocycles. The highest BCUT2D eigenvalue weighted by atomic mass is 35.5. The van der Waals surface area contributed by atoms with Crippen molar-refractivity contribution in [1.29, 1.82) is 5.26 Å². The largest absolute Gasteiger partial charge is 0.493 e. The smallest absolute Gasteiger partial charge is 0.281 e. The van der Waals surface area contributed by atoms with Crippen molar-refractivity contribution in [2.24, 2.45) is 10.2 Å². The molecule has 1 aromatic carbocycles. The lowest BCUT2D eigenvalue weighted by Gasteiger charge is -2.11. The van der Waals surface area contributed by atoms with Crippen molar-refractivity contribution in [3.8, 4) is 11.9 Å². The molecule has 0 saturated carbocycles. The number of halogens is 1. The molecular weight excluding hydrogens is 320 g/mol. The molecule has 0 aliphatic rings. The number of rotatable bonds is 4. The van der Waals surface area contributed by atoms with Crippen molar-refractivity contribution >= 4 is 23.0 Å². The Bertz CT molecular complexity index is 851. The molecule has 0 radical (unpaired) electrons. The van der Waals surface area contributed by atoms with Gasteiger partial charge in [-0.15, -0.1) is 5.11 Å². The van der Waals surface area contributed by atoms with Crippen LogP contribution in [-0.2, 0) is 6.54 Å². The van der Waals surface area contributed by atoms with Crippen molar-refractivity contribution in [3.05, 3.63) is 50.8 Å². The van der Waals surface area contributed by atoms with E-state index in [9.17, 15) is 9.90 Å². The van der Waals surface area contributed by atoms with Crippen LogP contribution in [0.5, 0.6) is 5.88 Å². The van der Waals surface area contributed by atoms with Crippen molar-refractivity contribution in [3.63, 3.8) is 0 Å². The molecule has 8 heteroatoms. The third-order valence-corrected chi connectivity index (χ3v) is 3.44. The van der Waals surface area contributed by atoms with E-state index < -0.39 is 11.4 Å². The number of nitriles is 1. The van der Waals surface area contributed by atoms with E-state index in [0.29, 0.717) is 10.7 Å². The zero-order valence-corrected chi connectivity index (χ0v) is 12.9. The molecular formula is C15H13ClN4O3. The minimum atomic E-state index is -0.634. The van der Waals surface area contributed by atoms with E-state index >= 15 is 0 Å². The molecule has 2 aromatic rings. The van der Waals surface area contributed by atoms with Gasteiger partial charge in [0.1, 0.15) is 11.6 Å². The average molecular weight is 333 g/mol. The van der Waals surface area contributed by atoms with Crippen molar-refractivity contribution in [2.45, 2.75) is 13.5 Å². The second-order valence-corrected chi connectivity index (χ2v) is 5.08. The molecule has 1 aromatic heterocycles. The molecule has 0 fully saturated rings. The zero-order valence-electron chi connectivity index (χ0n) is 12.2. The summed E-state index contributed by atoms with van der Waals surface area (Å²) in [4.78, 5) is 12.4. The fourth-order valence-electron chi connectivity index (χ4n) is 1.98. The summed E-state index contributed by atoms with van der Waals surface area (Å²) in [5.74, 6) is -0.491. The van der Waals surface area contributed by atoms with Gasteiger partial charge in [0.2, 0.25) is 5.88 Å². The second-order valence-electron chi connectivity index (χ2n) is 4.64. The number of pyridine rings is 1. The van der Waals surface area contributed by atoms with Crippen LogP contribution >= 0.6 is 11.6 Å². The van der Waals surface area contributed by atoms with Gasteiger partial charge in [-0.25, -0.2) is 0 Å². The maximum Gasteiger partial charge on any atom is 0.281 e. The van der Waals surface area contributed by atoms with Crippen LogP contribution in [0.15, 0.2) is 39.3 Å². The summed E-state index contributed by atoms with van der Waals surface area (Å²) in [6.45, 7) is 0.984. The number of benzene rings is 1. The maximum atomic E-state index is 12.4. The van der Waals surface area contributed by atoms with Gasteiger partial charge in [0.25, 0.3) is 5.56 Å².